The number of anilines is 1. The SMILES string of the molecule is COc1ccc(Cl)c(OCC(O)CNC(C)(C)COc2ccc(NN)nn2)c1.Cl. The second-order valence-electron chi connectivity index (χ2n) is 6.72. The first-order chi connectivity index (χ1) is 13.3. The number of nitrogens with zero attached hydrogens (tertiary/aromatic N) is 2. The van der Waals surface area contributed by atoms with Gasteiger partial charge in [0.25, 0.3) is 0 Å². The highest BCUT2D eigenvalue weighted by Gasteiger charge is 2.20. The zero-order valence-electron chi connectivity index (χ0n) is 16.5. The van der Waals surface area contributed by atoms with E-state index in [1.807, 2.05) is 13.8 Å². The molecule has 0 aliphatic heterocycles. The van der Waals surface area contributed by atoms with Crippen molar-refractivity contribution in [1.82, 2.24) is 15.5 Å². The van der Waals surface area contributed by atoms with Crippen molar-refractivity contribution >= 4 is 29.8 Å². The van der Waals surface area contributed by atoms with Crippen LogP contribution in [-0.4, -0.2) is 53.8 Å². The van der Waals surface area contributed by atoms with Crippen LogP contribution in [-0.2, 0) is 0 Å². The first-order valence-corrected chi connectivity index (χ1v) is 9.03. The summed E-state index contributed by atoms with van der Waals surface area (Å²) in [7, 11) is 1.56. The molecule has 11 heteroatoms. The number of aromatic nitrogens is 2. The number of hydrogen-bond acceptors (Lipinski definition) is 9. The Bertz CT molecular complexity index is 750. The number of aliphatic hydroxyl groups is 1. The Morgan fingerprint density at radius 2 is 1.97 bits per heavy atom. The molecule has 9 nitrogen and oxygen atoms in total. The summed E-state index contributed by atoms with van der Waals surface area (Å²) in [5.74, 6) is 7.16. The molecule has 0 spiro atoms. The fraction of sp³-hybridized carbons (Fsp3) is 0.444. The summed E-state index contributed by atoms with van der Waals surface area (Å²) in [5.41, 5.74) is 1.98. The smallest absolute Gasteiger partial charge is 0.233 e. The Morgan fingerprint density at radius 1 is 1.21 bits per heavy atom. The molecule has 29 heavy (non-hydrogen) atoms. The van der Waals surface area contributed by atoms with Gasteiger partial charge in [-0.25, -0.2) is 5.84 Å². The van der Waals surface area contributed by atoms with Crippen LogP contribution in [0.4, 0.5) is 5.82 Å². The van der Waals surface area contributed by atoms with E-state index in [1.165, 1.54) is 0 Å². The minimum atomic E-state index is -0.740. The summed E-state index contributed by atoms with van der Waals surface area (Å²) in [6.45, 7) is 4.60. The molecule has 0 saturated carbocycles. The van der Waals surface area contributed by atoms with Crippen molar-refractivity contribution in [2.45, 2.75) is 25.5 Å². The minimum Gasteiger partial charge on any atom is -0.497 e. The summed E-state index contributed by atoms with van der Waals surface area (Å²) < 4.78 is 16.4. The Morgan fingerprint density at radius 3 is 2.59 bits per heavy atom. The molecule has 0 radical (unpaired) electrons. The molecule has 0 saturated heterocycles. The Hall–Kier alpha value is -2.04. The van der Waals surface area contributed by atoms with Crippen LogP contribution in [0.25, 0.3) is 0 Å². The van der Waals surface area contributed by atoms with Gasteiger partial charge in [0.2, 0.25) is 5.88 Å². The van der Waals surface area contributed by atoms with Crippen molar-refractivity contribution in [2.24, 2.45) is 5.84 Å². The van der Waals surface area contributed by atoms with Gasteiger partial charge in [0.15, 0.2) is 5.82 Å². The van der Waals surface area contributed by atoms with Crippen molar-refractivity contribution in [3.63, 3.8) is 0 Å². The highest BCUT2D eigenvalue weighted by molar-refractivity contribution is 6.32. The number of hydrazine groups is 1. The number of benzene rings is 1. The molecular weight excluding hydrogens is 421 g/mol. The highest BCUT2D eigenvalue weighted by atomic mass is 35.5. The van der Waals surface area contributed by atoms with Gasteiger partial charge in [-0.2, -0.15) is 0 Å². The van der Waals surface area contributed by atoms with Gasteiger partial charge >= 0.3 is 0 Å². The molecule has 2 aromatic rings. The maximum Gasteiger partial charge on any atom is 0.233 e. The van der Waals surface area contributed by atoms with Gasteiger partial charge in [-0.15, -0.1) is 22.6 Å². The van der Waals surface area contributed by atoms with Gasteiger partial charge in [0.05, 0.1) is 12.1 Å². The largest absolute Gasteiger partial charge is 0.497 e. The second kappa shape index (κ2) is 11.8. The van der Waals surface area contributed by atoms with Crippen LogP contribution in [0.2, 0.25) is 5.02 Å². The number of rotatable bonds is 11. The van der Waals surface area contributed by atoms with Crippen molar-refractivity contribution in [1.29, 1.82) is 0 Å². The molecule has 162 valence electrons. The Balaban J connectivity index is 0.00000420. The summed E-state index contributed by atoms with van der Waals surface area (Å²) >= 11 is 6.09. The van der Waals surface area contributed by atoms with E-state index in [2.05, 4.69) is 20.9 Å². The lowest BCUT2D eigenvalue weighted by atomic mass is 10.1. The molecular formula is C18H27Cl2N5O4. The van der Waals surface area contributed by atoms with E-state index in [4.69, 9.17) is 31.7 Å². The van der Waals surface area contributed by atoms with Crippen LogP contribution in [0.3, 0.4) is 0 Å². The van der Waals surface area contributed by atoms with Crippen molar-refractivity contribution < 1.29 is 19.3 Å². The monoisotopic (exact) mass is 447 g/mol. The molecule has 1 heterocycles. The van der Waals surface area contributed by atoms with Gasteiger partial charge in [-0.3, -0.25) is 0 Å². The van der Waals surface area contributed by atoms with E-state index in [0.29, 0.717) is 41.4 Å². The third-order valence-electron chi connectivity index (χ3n) is 3.75. The Kier molecular flexibility index (Phi) is 10.2. The molecule has 0 amide bonds. The molecule has 0 bridgehead atoms. The van der Waals surface area contributed by atoms with Gasteiger partial charge in [0, 0.05) is 24.2 Å². The summed E-state index contributed by atoms with van der Waals surface area (Å²) in [6, 6.07) is 8.42. The second-order valence-corrected chi connectivity index (χ2v) is 7.12. The lowest BCUT2D eigenvalue weighted by Crippen LogP contribution is -2.48. The van der Waals surface area contributed by atoms with Gasteiger partial charge in [0.1, 0.15) is 30.8 Å². The average molecular weight is 448 g/mol. The first-order valence-electron chi connectivity index (χ1n) is 8.65. The van der Waals surface area contributed by atoms with Crippen LogP contribution < -0.4 is 30.8 Å². The van der Waals surface area contributed by atoms with E-state index in [0.717, 1.165) is 0 Å². The average Bonchev–Trinajstić information content (AvgIpc) is 2.70. The zero-order valence-corrected chi connectivity index (χ0v) is 18.1. The molecule has 0 aliphatic carbocycles. The molecule has 0 aliphatic rings. The van der Waals surface area contributed by atoms with Gasteiger partial charge in [-0.1, -0.05) is 11.6 Å². The van der Waals surface area contributed by atoms with Crippen LogP contribution >= 0.6 is 24.0 Å². The summed E-state index contributed by atoms with van der Waals surface area (Å²) in [5, 5.41) is 21.6. The molecule has 1 atom stereocenters. The predicted octanol–water partition coefficient (Wildman–Crippen LogP) is 2.03. The third-order valence-corrected chi connectivity index (χ3v) is 4.07. The molecule has 2 rings (SSSR count). The standard InChI is InChI=1S/C18H26ClN5O4.ClH/c1-18(2,11-28-17-7-6-16(22-20)23-24-17)21-9-12(25)10-27-15-8-13(26-3)4-5-14(15)19;/h4-8,12,21,25H,9-11,20H2,1-3H3,(H,22,23);1H. The van der Waals surface area contributed by atoms with E-state index in [1.54, 1.807) is 37.4 Å². The summed E-state index contributed by atoms with van der Waals surface area (Å²) in [4.78, 5) is 0. The van der Waals surface area contributed by atoms with E-state index in [-0.39, 0.29) is 19.0 Å². The molecule has 1 unspecified atom stereocenters. The maximum absolute atomic E-state index is 10.2. The predicted molar refractivity (Wildman–Crippen MR) is 114 cm³/mol. The van der Waals surface area contributed by atoms with Gasteiger partial charge in [-0.05, 0) is 32.0 Å². The molecule has 1 aromatic heterocycles. The summed E-state index contributed by atoms with van der Waals surface area (Å²) in [6.07, 6.45) is -0.740. The molecule has 0 fully saturated rings. The molecule has 5 N–H and O–H groups in total. The number of nitrogens with two attached hydrogens (primary N) is 1. The number of ether oxygens (including phenoxy) is 3. The van der Waals surface area contributed by atoms with Crippen molar-refractivity contribution in [3.8, 4) is 17.4 Å². The number of halogens is 2. The fourth-order valence-corrected chi connectivity index (χ4v) is 2.31. The van der Waals surface area contributed by atoms with Gasteiger partial charge < -0.3 is 30.1 Å². The third kappa shape index (κ3) is 8.46. The minimum absolute atomic E-state index is 0. The number of methoxy groups -OCH3 is 1. The van der Waals surface area contributed by atoms with Crippen LogP contribution in [0.15, 0.2) is 30.3 Å². The molecule has 1 aromatic carbocycles. The van der Waals surface area contributed by atoms with Crippen molar-refractivity contribution in [3.05, 3.63) is 35.4 Å². The van der Waals surface area contributed by atoms with E-state index < -0.39 is 11.6 Å². The number of nitrogens with one attached hydrogen (secondary N) is 2. The zero-order chi connectivity index (χ0) is 20.6. The fourth-order valence-electron chi connectivity index (χ4n) is 2.14. The quantitative estimate of drug-likeness (QED) is 0.302. The number of β-amino-alcohol motifs (C(OH)–C–C–N with tert-alkyl or cyclic N) is 1. The lowest BCUT2D eigenvalue weighted by molar-refractivity contribution is 0.0922. The first kappa shape index (κ1) is 25.0. The number of nitrogen functional groups attached to an aromatic ring is 1. The van der Waals surface area contributed by atoms with E-state index in [9.17, 15) is 5.11 Å². The number of hydrogen-bond donors (Lipinski definition) is 4. The Labute approximate surface area is 181 Å². The van der Waals surface area contributed by atoms with Crippen LogP contribution in [0.1, 0.15) is 13.8 Å². The van der Waals surface area contributed by atoms with Crippen LogP contribution in [0, 0.1) is 0 Å². The lowest BCUT2D eigenvalue weighted by Gasteiger charge is -2.27. The van der Waals surface area contributed by atoms with E-state index >= 15 is 0 Å². The topological polar surface area (TPSA) is 124 Å². The maximum atomic E-state index is 10.2. The normalized spacial score (nSPS) is 11.9. The highest BCUT2D eigenvalue weighted by Crippen LogP contribution is 2.28. The number of aliphatic hydroxyl groups excluding tert-OH is 1. The van der Waals surface area contributed by atoms with Crippen molar-refractivity contribution in [2.75, 3.05) is 32.3 Å². The van der Waals surface area contributed by atoms with Crippen LogP contribution in [0.5, 0.6) is 17.4 Å².